The van der Waals surface area contributed by atoms with Gasteiger partial charge in [-0.15, -0.1) is 0 Å². The number of hydrogen-bond acceptors (Lipinski definition) is 3. The Balaban J connectivity index is 1.43. The van der Waals surface area contributed by atoms with Gasteiger partial charge in [0.2, 0.25) is 0 Å². The van der Waals surface area contributed by atoms with Gasteiger partial charge >= 0.3 is 6.18 Å². The molecule has 1 aliphatic rings. The zero-order chi connectivity index (χ0) is 26.4. The van der Waals surface area contributed by atoms with E-state index in [4.69, 9.17) is 4.99 Å². The molecule has 3 aromatic carbocycles. The van der Waals surface area contributed by atoms with Gasteiger partial charge in [0.25, 0.3) is 0 Å². The van der Waals surface area contributed by atoms with Crippen LogP contribution in [-0.4, -0.2) is 16.6 Å². The quantitative estimate of drug-likeness (QED) is 0.274. The van der Waals surface area contributed by atoms with E-state index in [-0.39, 0.29) is 5.82 Å². The SMILES string of the molecule is C=C1N=C(SCc2ccc(F)cc2)N(CCc2ccc(-c3ccc(C(F)(F)F)cc3)cc2)C=C1CCC. The zero-order valence-electron chi connectivity index (χ0n) is 20.6. The molecule has 1 aliphatic heterocycles. The highest BCUT2D eigenvalue weighted by Gasteiger charge is 2.30. The maximum atomic E-state index is 13.3. The lowest BCUT2D eigenvalue weighted by Crippen LogP contribution is -2.29. The van der Waals surface area contributed by atoms with Crippen LogP contribution in [0.15, 0.2) is 102 Å². The van der Waals surface area contributed by atoms with Gasteiger partial charge in [-0.1, -0.05) is 80.2 Å². The lowest BCUT2D eigenvalue weighted by atomic mass is 10.0. The van der Waals surface area contributed by atoms with Gasteiger partial charge in [0.05, 0.1) is 11.3 Å². The average molecular weight is 525 g/mol. The van der Waals surface area contributed by atoms with Crippen LogP contribution in [0.2, 0.25) is 0 Å². The molecule has 0 fully saturated rings. The Bertz CT molecular complexity index is 1280. The molecule has 192 valence electrons. The fourth-order valence-electron chi connectivity index (χ4n) is 4.02. The van der Waals surface area contributed by atoms with Gasteiger partial charge in [-0.3, -0.25) is 0 Å². The van der Waals surface area contributed by atoms with Crippen LogP contribution in [0.4, 0.5) is 17.6 Å². The molecule has 3 aromatic rings. The molecule has 0 amide bonds. The van der Waals surface area contributed by atoms with Crippen molar-refractivity contribution in [2.24, 2.45) is 4.99 Å². The van der Waals surface area contributed by atoms with Crippen LogP contribution in [0.1, 0.15) is 36.5 Å². The molecule has 2 nitrogen and oxygen atoms in total. The predicted molar refractivity (Wildman–Crippen MR) is 145 cm³/mol. The number of benzene rings is 3. The molecular weight excluding hydrogens is 496 g/mol. The minimum absolute atomic E-state index is 0.254. The maximum absolute atomic E-state index is 13.3. The van der Waals surface area contributed by atoms with E-state index in [1.54, 1.807) is 23.9 Å². The minimum Gasteiger partial charge on any atom is -0.327 e. The van der Waals surface area contributed by atoms with E-state index in [1.807, 2.05) is 24.3 Å². The Labute approximate surface area is 219 Å². The number of alkyl halides is 3. The third-order valence-electron chi connectivity index (χ3n) is 6.10. The Morgan fingerprint density at radius 3 is 2.03 bits per heavy atom. The van der Waals surface area contributed by atoms with E-state index in [2.05, 4.69) is 24.6 Å². The summed E-state index contributed by atoms with van der Waals surface area (Å²) in [5.41, 5.74) is 4.99. The number of halogens is 4. The molecule has 0 saturated heterocycles. The van der Waals surface area contributed by atoms with Crippen LogP contribution >= 0.6 is 11.8 Å². The summed E-state index contributed by atoms with van der Waals surface area (Å²) in [6.07, 6.45) is 0.455. The fourth-order valence-corrected chi connectivity index (χ4v) is 4.99. The van der Waals surface area contributed by atoms with Crippen molar-refractivity contribution >= 4 is 16.9 Å². The lowest BCUT2D eigenvalue weighted by Gasteiger charge is -2.28. The normalized spacial score (nSPS) is 14.0. The first-order chi connectivity index (χ1) is 17.7. The largest absolute Gasteiger partial charge is 0.416 e. The molecule has 0 spiro atoms. The summed E-state index contributed by atoms with van der Waals surface area (Å²) in [6, 6.07) is 19.6. The molecule has 0 aromatic heterocycles. The molecule has 0 N–H and O–H groups in total. The van der Waals surface area contributed by atoms with Gasteiger partial charge < -0.3 is 4.90 Å². The number of aliphatic imine (C=N–C) groups is 1. The molecule has 0 bridgehead atoms. The Kier molecular flexibility index (Phi) is 8.54. The van der Waals surface area contributed by atoms with Gasteiger partial charge in [0.15, 0.2) is 5.17 Å². The monoisotopic (exact) mass is 524 g/mol. The minimum atomic E-state index is -4.34. The molecule has 7 heteroatoms. The second-order valence-corrected chi connectivity index (χ2v) is 9.82. The van der Waals surface area contributed by atoms with E-state index < -0.39 is 11.7 Å². The van der Waals surface area contributed by atoms with Crippen molar-refractivity contribution < 1.29 is 17.6 Å². The molecule has 0 saturated carbocycles. The second kappa shape index (κ2) is 11.8. The summed E-state index contributed by atoms with van der Waals surface area (Å²) in [6.45, 7) is 6.98. The molecule has 37 heavy (non-hydrogen) atoms. The number of hydrogen-bond donors (Lipinski definition) is 0. The Morgan fingerprint density at radius 2 is 1.43 bits per heavy atom. The van der Waals surface area contributed by atoms with Gasteiger partial charge in [0.1, 0.15) is 5.82 Å². The highest BCUT2D eigenvalue weighted by Crippen LogP contribution is 2.31. The summed E-state index contributed by atoms with van der Waals surface area (Å²) in [5, 5.41) is 0.857. The summed E-state index contributed by atoms with van der Waals surface area (Å²) in [4.78, 5) is 6.93. The van der Waals surface area contributed by atoms with Crippen LogP contribution in [0, 0.1) is 5.82 Å². The van der Waals surface area contributed by atoms with Crippen LogP contribution < -0.4 is 0 Å². The maximum Gasteiger partial charge on any atom is 0.416 e. The summed E-state index contributed by atoms with van der Waals surface area (Å²) in [5.74, 6) is 0.414. The molecule has 0 atom stereocenters. The van der Waals surface area contributed by atoms with Gasteiger partial charge in [-0.05, 0) is 64.9 Å². The van der Waals surface area contributed by atoms with Crippen molar-refractivity contribution in [3.8, 4) is 11.1 Å². The second-order valence-electron chi connectivity index (χ2n) is 8.88. The van der Waals surface area contributed by atoms with Crippen molar-refractivity contribution in [3.63, 3.8) is 0 Å². The zero-order valence-corrected chi connectivity index (χ0v) is 21.4. The van der Waals surface area contributed by atoms with Crippen molar-refractivity contribution in [1.29, 1.82) is 0 Å². The third kappa shape index (κ3) is 7.13. The number of nitrogens with zero attached hydrogens (tertiary/aromatic N) is 2. The standard InChI is InChI=1S/C30H28F4N2S/c1-3-4-26-19-36(29(35-21(26)2)37-20-23-7-15-28(31)16-8-23)18-17-22-5-9-24(10-6-22)25-11-13-27(14-12-25)30(32,33)34/h5-16,19H,2-4,17-18,20H2,1H3. The van der Waals surface area contributed by atoms with Crippen LogP contribution in [0.25, 0.3) is 11.1 Å². The van der Waals surface area contributed by atoms with Crippen LogP contribution in [0.3, 0.4) is 0 Å². The first kappa shape index (κ1) is 26.7. The summed E-state index contributed by atoms with van der Waals surface area (Å²) < 4.78 is 51.8. The van der Waals surface area contributed by atoms with E-state index >= 15 is 0 Å². The first-order valence-corrected chi connectivity index (χ1v) is 13.1. The fraction of sp³-hybridized carbons (Fsp3) is 0.233. The highest BCUT2D eigenvalue weighted by molar-refractivity contribution is 8.13. The third-order valence-corrected chi connectivity index (χ3v) is 7.16. The first-order valence-electron chi connectivity index (χ1n) is 12.1. The molecule has 0 unspecified atom stereocenters. The van der Waals surface area contributed by atoms with Crippen molar-refractivity contribution in [2.45, 2.75) is 38.1 Å². The lowest BCUT2D eigenvalue weighted by molar-refractivity contribution is -0.137. The van der Waals surface area contributed by atoms with E-state index in [9.17, 15) is 17.6 Å². The number of thioether (sulfide) groups is 1. The topological polar surface area (TPSA) is 15.6 Å². The molecular formula is C30H28F4N2S. The van der Waals surface area contributed by atoms with E-state index in [1.165, 1.54) is 24.3 Å². The number of allylic oxidation sites excluding steroid dienone is 1. The molecule has 1 heterocycles. The Hall–Kier alpha value is -3.32. The number of amidine groups is 1. The molecule has 4 rings (SSSR count). The van der Waals surface area contributed by atoms with Crippen LogP contribution in [0.5, 0.6) is 0 Å². The van der Waals surface area contributed by atoms with Crippen LogP contribution in [-0.2, 0) is 18.3 Å². The van der Waals surface area contributed by atoms with Gasteiger partial charge in [-0.25, -0.2) is 9.38 Å². The summed E-state index contributed by atoms with van der Waals surface area (Å²) in [7, 11) is 0. The molecule has 0 aliphatic carbocycles. The predicted octanol–water partition coefficient (Wildman–Crippen LogP) is 8.86. The van der Waals surface area contributed by atoms with E-state index in [0.717, 1.165) is 76.6 Å². The Morgan fingerprint density at radius 1 is 0.838 bits per heavy atom. The average Bonchev–Trinajstić information content (AvgIpc) is 2.89. The van der Waals surface area contributed by atoms with Crippen molar-refractivity contribution in [3.05, 3.63) is 119 Å². The van der Waals surface area contributed by atoms with Gasteiger partial charge in [0, 0.05) is 18.5 Å². The van der Waals surface area contributed by atoms with E-state index in [0.29, 0.717) is 5.75 Å². The smallest absolute Gasteiger partial charge is 0.327 e. The highest BCUT2D eigenvalue weighted by atomic mass is 32.2. The summed E-state index contributed by atoms with van der Waals surface area (Å²) >= 11 is 1.59. The van der Waals surface area contributed by atoms with Crippen molar-refractivity contribution in [1.82, 2.24) is 4.90 Å². The number of rotatable bonds is 8. The molecule has 0 radical (unpaired) electrons. The van der Waals surface area contributed by atoms with Crippen molar-refractivity contribution in [2.75, 3.05) is 6.54 Å². The van der Waals surface area contributed by atoms with Gasteiger partial charge in [-0.2, -0.15) is 13.2 Å².